The Morgan fingerprint density at radius 2 is 1.85 bits per heavy atom. The summed E-state index contributed by atoms with van der Waals surface area (Å²) in [5.74, 6) is 0.407. The van der Waals surface area contributed by atoms with E-state index < -0.39 is 10.0 Å². The topological polar surface area (TPSA) is 46.2 Å². The Kier molecular flexibility index (Phi) is 5.10. The first-order valence-electron chi connectivity index (χ1n) is 7.09. The van der Waals surface area contributed by atoms with E-state index in [4.69, 9.17) is 11.6 Å². The lowest BCUT2D eigenvalue weighted by atomic mass is 9.89. The van der Waals surface area contributed by atoms with Crippen LogP contribution in [0.2, 0.25) is 0 Å². The normalized spacial score (nSPS) is 23.8. The minimum atomic E-state index is -3.41. The van der Waals surface area contributed by atoms with Crippen molar-refractivity contribution in [2.24, 2.45) is 5.92 Å². The maximum Gasteiger partial charge on any atom is 0.240 e. The monoisotopic (exact) mass is 315 g/mol. The molecular formula is C15H22ClNO2S. The molecular weight excluding hydrogens is 294 g/mol. The van der Waals surface area contributed by atoms with Crippen molar-refractivity contribution >= 4 is 21.6 Å². The first-order chi connectivity index (χ1) is 9.38. The predicted molar refractivity (Wildman–Crippen MR) is 82.7 cm³/mol. The highest BCUT2D eigenvalue weighted by molar-refractivity contribution is 7.89. The molecule has 112 valence electrons. The van der Waals surface area contributed by atoms with Crippen molar-refractivity contribution in [1.29, 1.82) is 0 Å². The van der Waals surface area contributed by atoms with Gasteiger partial charge in [-0.3, -0.25) is 0 Å². The highest BCUT2D eigenvalue weighted by atomic mass is 35.5. The summed E-state index contributed by atoms with van der Waals surface area (Å²) in [6, 6.07) is 5.51. The van der Waals surface area contributed by atoms with Gasteiger partial charge in [-0.1, -0.05) is 12.1 Å². The second kappa shape index (κ2) is 6.46. The van der Waals surface area contributed by atoms with Crippen LogP contribution in [0, 0.1) is 19.8 Å². The standard InChI is InChI=1S/C15H22ClNO2S/c1-11-3-4-12(2)15(9-11)20(18,19)17-10-13-5-7-14(16)8-6-13/h3-4,9,13-14,17H,5-8,10H2,1-2H3. The van der Waals surface area contributed by atoms with Crippen LogP contribution in [0.5, 0.6) is 0 Å². The zero-order valence-electron chi connectivity index (χ0n) is 12.0. The van der Waals surface area contributed by atoms with Crippen LogP contribution in [0.4, 0.5) is 0 Å². The van der Waals surface area contributed by atoms with Gasteiger partial charge in [0.2, 0.25) is 10.0 Å². The molecule has 1 aromatic rings. The third-order valence-corrected chi connectivity index (χ3v) is 5.97. The zero-order valence-corrected chi connectivity index (χ0v) is 13.6. The van der Waals surface area contributed by atoms with Gasteiger partial charge in [-0.25, -0.2) is 13.1 Å². The van der Waals surface area contributed by atoms with Crippen molar-refractivity contribution in [2.45, 2.75) is 49.8 Å². The molecule has 1 aliphatic rings. The molecule has 1 aliphatic carbocycles. The molecule has 1 aromatic carbocycles. The average Bonchev–Trinajstić information content (AvgIpc) is 2.41. The fraction of sp³-hybridized carbons (Fsp3) is 0.600. The van der Waals surface area contributed by atoms with E-state index in [1.807, 2.05) is 26.0 Å². The number of rotatable bonds is 4. The number of hydrogen-bond acceptors (Lipinski definition) is 2. The summed E-state index contributed by atoms with van der Waals surface area (Å²) in [6.07, 6.45) is 3.97. The average molecular weight is 316 g/mol. The van der Waals surface area contributed by atoms with Crippen molar-refractivity contribution in [3.63, 3.8) is 0 Å². The summed E-state index contributed by atoms with van der Waals surface area (Å²) in [6.45, 7) is 4.24. The van der Waals surface area contributed by atoms with Gasteiger partial charge in [0.25, 0.3) is 0 Å². The number of nitrogens with one attached hydrogen (secondary N) is 1. The lowest BCUT2D eigenvalue weighted by molar-refractivity contribution is 0.361. The molecule has 20 heavy (non-hydrogen) atoms. The summed E-state index contributed by atoms with van der Waals surface area (Å²) < 4.78 is 27.5. The van der Waals surface area contributed by atoms with E-state index in [1.54, 1.807) is 6.07 Å². The summed E-state index contributed by atoms with van der Waals surface area (Å²) in [5, 5.41) is 0.266. The Bertz CT molecular complexity index is 563. The minimum absolute atomic E-state index is 0.266. The van der Waals surface area contributed by atoms with Gasteiger partial charge in [0, 0.05) is 11.9 Å². The fourth-order valence-corrected chi connectivity index (χ4v) is 4.32. The zero-order chi connectivity index (χ0) is 14.8. The Morgan fingerprint density at radius 1 is 1.20 bits per heavy atom. The third kappa shape index (κ3) is 3.96. The maximum atomic E-state index is 12.4. The second-order valence-electron chi connectivity index (χ2n) is 5.74. The fourth-order valence-electron chi connectivity index (χ4n) is 2.63. The van der Waals surface area contributed by atoms with Gasteiger partial charge >= 0.3 is 0 Å². The van der Waals surface area contributed by atoms with Crippen LogP contribution in [0.3, 0.4) is 0 Å². The lowest BCUT2D eigenvalue weighted by Crippen LogP contribution is -2.31. The van der Waals surface area contributed by atoms with Crippen LogP contribution in [0.1, 0.15) is 36.8 Å². The molecule has 1 saturated carbocycles. The molecule has 0 unspecified atom stereocenters. The first kappa shape index (κ1) is 15.8. The molecule has 0 amide bonds. The number of benzene rings is 1. The van der Waals surface area contributed by atoms with E-state index in [0.717, 1.165) is 36.8 Å². The highest BCUT2D eigenvalue weighted by Gasteiger charge is 2.22. The molecule has 0 bridgehead atoms. The van der Waals surface area contributed by atoms with Crippen LogP contribution in [0.15, 0.2) is 23.1 Å². The molecule has 0 radical (unpaired) electrons. The van der Waals surface area contributed by atoms with Crippen molar-refractivity contribution in [3.8, 4) is 0 Å². The van der Waals surface area contributed by atoms with Crippen molar-refractivity contribution < 1.29 is 8.42 Å². The van der Waals surface area contributed by atoms with E-state index in [0.29, 0.717) is 17.4 Å². The van der Waals surface area contributed by atoms with Gasteiger partial charge in [0.1, 0.15) is 0 Å². The molecule has 5 heteroatoms. The molecule has 2 rings (SSSR count). The highest BCUT2D eigenvalue weighted by Crippen LogP contribution is 2.27. The molecule has 0 atom stereocenters. The minimum Gasteiger partial charge on any atom is -0.211 e. The molecule has 0 aromatic heterocycles. The molecule has 0 aliphatic heterocycles. The number of aryl methyl sites for hydroxylation is 2. The predicted octanol–water partition coefficient (Wildman–Crippen LogP) is 3.38. The summed E-state index contributed by atoms with van der Waals surface area (Å²) in [4.78, 5) is 0.392. The van der Waals surface area contributed by atoms with Crippen molar-refractivity contribution in [1.82, 2.24) is 4.72 Å². The lowest BCUT2D eigenvalue weighted by Gasteiger charge is -2.25. The van der Waals surface area contributed by atoms with Gasteiger partial charge < -0.3 is 0 Å². The first-order valence-corrected chi connectivity index (χ1v) is 9.01. The Morgan fingerprint density at radius 3 is 2.50 bits per heavy atom. The van der Waals surface area contributed by atoms with Gasteiger partial charge in [-0.15, -0.1) is 11.6 Å². The summed E-state index contributed by atoms with van der Waals surface area (Å²) >= 11 is 6.07. The smallest absolute Gasteiger partial charge is 0.211 e. The SMILES string of the molecule is Cc1ccc(C)c(S(=O)(=O)NCC2CCC(Cl)CC2)c1. The van der Waals surface area contributed by atoms with Crippen LogP contribution in [-0.4, -0.2) is 20.3 Å². The van der Waals surface area contributed by atoms with E-state index in [1.165, 1.54) is 0 Å². The Labute approximate surface area is 126 Å². The van der Waals surface area contributed by atoms with E-state index in [9.17, 15) is 8.42 Å². The number of hydrogen-bond donors (Lipinski definition) is 1. The Balaban J connectivity index is 2.02. The number of sulfonamides is 1. The number of halogens is 1. The van der Waals surface area contributed by atoms with Gasteiger partial charge in [-0.05, 0) is 62.6 Å². The maximum absolute atomic E-state index is 12.4. The van der Waals surface area contributed by atoms with Gasteiger partial charge in [0.05, 0.1) is 4.90 Å². The van der Waals surface area contributed by atoms with Gasteiger partial charge in [0.15, 0.2) is 0 Å². The quantitative estimate of drug-likeness (QED) is 0.866. The second-order valence-corrected chi connectivity index (χ2v) is 8.09. The largest absolute Gasteiger partial charge is 0.240 e. The summed E-state index contributed by atoms with van der Waals surface area (Å²) in [7, 11) is -3.41. The van der Waals surface area contributed by atoms with Crippen LogP contribution < -0.4 is 4.72 Å². The van der Waals surface area contributed by atoms with Crippen LogP contribution in [-0.2, 0) is 10.0 Å². The molecule has 3 nitrogen and oxygen atoms in total. The van der Waals surface area contributed by atoms with Crippen LogP contribution in [0.25, 0.3) is 0 Å². The summed E-state index contributed by atoms with van der Waals surface area (Å²) in [5.41, 5.74) is 1.74. The third-order valence-electron chi connectivity index (χ3n) is 3.97. The van der Waals surface area contributed by atoms with Crippen molar-refractivity contribution in [2.75, 3.05) is 6.54 Å². The van der Waals surface area contributed by atoms with E-state index >= 15 is 0 Å². The van der Waals surface area contributed by atoms with Crippen molar-refractivity contribution in [3.05, 3.63) is 29.3 Å². The molecule has 0 saturated heterocycles. The van der Waals surface area contributed by atoms with Gasteiger partial charge in [-0.2, -0.15) is 0 Å². The molecule has 1 N–H and O–H groups in total. The molecule has 0 spiro atoms. The van der Waals surface area contributed by atoms with E-state index in [-0.39, 0.29) is 5.38 Å². The number of alkyl halides is 1. The Hall–Kier alpha value is -0.580. The van der Waals surface area contributed by atoms with E-state index in [2.05, 4.69) is 4.72 Å². The molecule has 1 fully saturated rings. The van der Waals surface area contributed by atoms with Crippen LogP contribution >= 0.6 is 11.6 Å². The molecule has 0 heterocycles.